The van der Waals surface area contributed by atoms with Crippen LogP contribution in [-0.4, -0.2) is 24.0 Å². The van der Waals surface area contributed by atoms with Crippen molar-refractivity contribution in [2.24, 2.45) is 4.99 Å². The van der Waals surface area contributed by atoms with E-state index in [1.54, 1.807) is 11.3 Å². The average molecular weight is 316 g/mol. The Morgan fingerprint density at radius 2 is 2.23 bits per heavy atom. The van der Waals surface area contributed by atoms with Gasteiger partial charge in [0.2, 0.25) is 0 Å². The van der Waals surface area contributed by atoms with Crippen molar-refractivity contribution in [2.45, 2.75) is 33.2 Å². The van der Waals surface area contributed by atoms with Crippen LogP contribution >= 0.6 is 11.3 Å². The number of nitrogens with zero attached hydrogens (tertiary/aromatic N) is 2. The van der Waals surface area contributed by atoms with Gasteiger partial charge in [0.05, 0.1) is 12.2 Å². The first-order valence-corrected chi connectivity index (χ1v) is 8.59. The predicted octanol–water partition coefficient (Wildman–Crippen LogP) is 3.31. The summed E-state index contributed by atoms with van der Waals surface area (Å²) in [5.74, 6) is 1.31. The van der Waals surface area contributed by atoms with Crippen molar-refractivity contribution < 1.29 is 0 Å². The van der Waals surface area contributed by atoms with Crippen molar-refractivity contribution in [3.63, 3.8) is 0 Å². The molecule has 1 unspecified atom stereocenters. The predicted molar refractivity (Wildman–Crippen MR) is 94.5 cm³/mol. The summed E-state index contributed by atoms with van der Waals surface area (Å²) in [6.45, 7) is 8.67. The molecule has 0 aliphatic rings. The molecule has 0 bridgehead atoms. The van der Waals surface area contributed by atoms with E-state index in [2.05, 4.69) is 64.3 Å². The van der Waals surface area contributed by atoms with Gasteiger partial charge in [0.25, 0.3) is 0 Å². The van der Waals surface area contributed by atoms with Crippen LogP contribution < -0.4 is 10.6 Å². The summed E-state index contributed by atoms with van der Waals surface area (Å²) in [5, 5.41) is 11.0. The molecule has 0 saturated heterocycles. The van der Waals surface area contributed by atoms with E-state index in [0.29, 0.717) is 12.5 Å². The van der Waals surface area contributed by atoms with Gasteiger partial charge in [-0.2, -0.15) is 11.3 Å². The van der Waals surface area contributed by atoms with E-state index < -0.39 is 0 Å². The number of guanidine groups is 1. The maximum atomic E-state index is 4.63. The van der Waals surface area contributed by atoms with E-state index in [-0.39, 0.29) is 0 Å². The Hall–Kier alpha value is -1.88. The van der Waals surface area contributed by atoms with Gasteiger partial charge in [0.15, 0.2) is 5.96 Å². The lowest BCUT2D eigenvalue weighted by Gasteiger charge is -2.15. The standard InChI is InChI=1S/C17H24N4S/c1-4-18-17(20-10-14(3)15-7-9-22-12-15)21-11-16-13(2)6-5-8-19-16/h5-9,12,14H,4,10-11H2,1-3H3,(H2,18,20,21). The molecule has 0 spiro atoms. The molecule has 2 aromatic heterocycles. The number of thiophene rings is 1. The van der Waals surface area contributed by atoms with Gasteiger partial charge in [0.1, 0.15) is 0 Å². The molecule has 2 heterocycles. The van der Waals surface area contributed by atoms with Gasteiger partial charge in [-0.25, -0.2) is 4.99 Å². The third kappa shape index (κ3) is 4.84. The Morgan fingerprint density at radius 3 is 2.91 bits per heavy atom. The fourth-order valence-electron chi connectivity index (χ4n) is 2.10. The van der Waals surface area contributed by atoms with Crippen molar-refractivity contribution in [1.82, 2.24) is 15.6 Å². The third-order valence-corrected chi connectivity index (χ3v) is 4.24. The second-order valence-electron chi connectivity index (χ2n) is 5.30. The quantitative estimate of drug-likeness (QED) is 0.635. The Morgan fingerprint density at radius 1 is 1.36 bits per heavy atom. The fraction of sp³-hybridized carbons (Fsp3) is 0.412. The average Bonchev–Trinajstić information content (AvgIpc) is 3.05. The topological polar surface area (TPSA) is 49.3 Å². The SMILES string of the molecule is CCNC(=NCc1ncccc1C)NCC(C)c1ccsc1. The Labute approximate surface area is 136 Å². The highest BCUT2D eigenvalue weighted by molar-refractivity contribution is 7.07. The third-order valence-electron chi connectivity index (χ3n) is 3.54. The highest BCUT2D eigenvalue weighted by Crippen LogP contribution is 2.17. The molecule has 0 aliphatic heterocycles. The van der Waals surface area contributed by atoms with Gasteiger partial charge in [-0.3, -0.25) is 4.98 Å². The minimum atomic E-state index is 0.465. The number of pyridine rings is 1. The molecule has 5 heteroatoms. The molecule has 0 fully saturated rings. The van der Waals surface area contributed by atoms with Crippen LogP contribution in [0.2, 0.25) is 0 Å². The summed E-state index contributed by atoms with van der Waals surface area (Å²) in [5.41, 5.74) is 3.56. The van der Waals surface area contributed by atoms with Crippen LogP contribution in [-0.2, 0) is 6.54 Å². The first kappa shape index (κ1) is 16.5. The van der Waals surface area contributed by atoms with Crippen LogP contribution in [0.3, 0.4) is 0 Å². The van der Waals surface area contributed by atoms with Crippen molar-refractivity contribution in [1.29, 1.82) is 0 Å². The molecule has 2 aromatic rings. The summed E-state index contributed by atoms with van der Waals surface area (Å²) in [6.07, 6.45) is 1.82. The monoisotopic (exact) mass is 316 g/mol. The maximum absolute atomic E-state index is 4.63. The zero-order valence-corrected chi connectivity index (χ0v) is 14.3. The fourth-order valence-corrected chi connectivity index (χ4v) is 2.88. The summed E-state index contributed by atoms with van der Waals surface area (Å²) in [4.78, 5) is 9.02. The minimum absolute atomic E-state index is 0.465. The van der Waals surface area contributed by atoms with E-state index >= 15 is 0 Å². The second-order valence-corrected chi connectivity index (χ2v) is 6.08. The molecule has 22 heavy (non-hydrogen) atoms. The smallest absolute Gasteiger partial charge is 0.191 e. The molecule has 2 rings (SSSR count). The molecule has 4 nitrogen and oxygen atoms in total. The molecule has 1 atom stereocenters. The van der Waals surface area contributed by atoms with Gasteiger partial charge in [0, 0.05) is 19.3 Å². The Kier molecular flexibility index (Phi) is 6.40. The molecule has 0 aromatic carbocycles. The lowest BCUT2D eigenvalue weighted by atomic mass is 10.1. The molecule has 0 saturated carbocycles. The van der Waals surface area contributed by atoms with Crippen molar-refractivity contribution in [3.8, 4) is 0 Å². The molecule has 2 N–H and O–H groups in total. The van der Waals surface area contributed by atoms with E-state index in [4.69, 9.17) is 0 Å². The number of aromatic nitrogens is 1. The van der Waals surface area contributed by atoms with E-state index in [9.17, 15) is 0 Å². The zero-order chi connectivity index (χ0) is 15.8. The molecule has 0 amide bonds. The van der Waals surface area contributed by atoms with Crippen LogP contribution in [0.1, 0.15) is 36.6 Å². The van der Waals surface area contributed by atoms with E-state index in [1.807, 2.05) is 12.3 Å². The van der Waals surface area contributed by atoms with Gasteiger partial charge < -0.3 is 10.6 Å². The van der Waals surface area contributed by atoms with E-state index in [0.717, 1.165) is 24.7 Å². The molecule has 0 radical (unpaired) electrons. The van der Waals surface area contributed by atoms with Gasteiger partial charge >= 0.3 is 0 Å². The Balaban J connectivity index is 1.94. The van der Waals surface area contributed by atoms with Gasteiger partial charge in [-0.1, -0.05) is 13.0 Å². The lowest BCUT2D eigenvalue weighted by Crippen LogP contribution is -2.39. The largest absolute Gasteiger partial charge is 0.357 e. The minimum Gasteiger partial charge on any atom is -0.357 e. The summed E-state index contributed by atoms with van der Waals surface area (Å²) in [6, 6.07) is 6.20. The van der Waals surface area contributed by atoms with Crippen LogP contribution in [0, 0.1) is 6.92 Å². The van der Waals surface area contributed by atoms with E-state index in [1.165, 1.54) is 11.1 Å². The maximum Gasteiger partial charge on any atom is 0.191 e. The number of hydrogen-bond acceptors (Lipinski definition) is 3. The summed E-state index contributed by atoms with van der Waals surface area (Å²) in [7, 11) is 0. The lowest BCUT2D eigenvalue weighted by molar-refractivity contribution is 0.701. The van der Waals surface area contributed by atoms with Gasteiger partial charge in [-0.15, -0.1) is 0 Å². The first-order valence-electron chi connectivity index (χ1n) is 7.65. The molecular weight excluding hydrogens is 292 g/mol. The number of rotatable bonds is 6. The molecule has 118 valence electrons. The summed E-state index contributed by atoms with van der Waals surface area (Å²) < 4.78 is 0. The number of hydrogen-bond donors (Lipinski definition) is 2. The van der Waals surface area contributed by atoms with Crippen molar-refractivity contribution in [3.05, 3.63) is 52.0 Å². The van der Waals surface area contributed by atoms with Gasteiger partial charge in [-0.05, 0) is 53.8 Å². The normalized spacial score (nSPS) is 13.0. The van der Waals surface area contributed by atoms with Crippen molar-refractivity contribution in [2.75, 3.05) is 13.1 Å². The van der Waals surface area contributed by atoms with Crippen LogP contribution in [0.4, 0.5) is 0 Å². The highest BCUT2D eigenvalue weighted by Gasteiger charge is 2.07. The number of aliphatic imine (C=N–C) groups is 1. The van der Waals surface area contributed by atoms with Crippen LogP contribution in [0.5, 0.6) is 0 Å². The second kappa shape index (κ2) is 8.54. The highest BCUT2D eigenvalue weighted by atomic mass is 32.1. The van der Waals surface area contributed by atoms with Crippen molar-refractivity contribution >= 4 is 17.3 Å². The number of nitrogens with one attached hydrogen (secondary N) is 2. The molecule has 0 aliphatic carbocycles. The number of aryl methyl sites for hydroxylation is 1. The first-order chi connectivity index (χ1) is 10.7. The Bertz CT molecular complexity index is 592. The molecular formula is C17H24N4S. The van der Waals surface area contributed by atoms with Crippen LogP contribution in [0.15, 0.2) is 40.1 Å². The van der Waals surface area contributed by atoms with Crippen LogP contribution in [0.25, 0.3) is 0 Å². The summed E-state index contributed by atoms with van der Waals surface area (Å²) >= 11 is 1.74. The zero-order valence-electron chi connectivity index (χ0n) is 13.5.